The predicted octanol–water partition coefficient (Wildman–Crippen LogP) is 2.04. The second-order valence-electron chi connectivity index (χ2n) is 3.64. The van der Waals surface area contributed by atoms with Gasteiger partial charge in [0.2, 0.25) is 0 Å². The van der Waals surface area contributed by atoms with Crippen LogP contribution in [0.1, 0.15) is 39.5 Å². The van der Waals surface area contributed by atoms with E-state index >= 15 is 0 Å². The van der Waals surface area contributed by atoms with Gasteiger partial charge in [0, 0.05) is 0 Å². The standard InChI is InChI=1S/C10H19NO3/c1-3-8(2)13-10(12)14-9-6-4-5-7-11-9/h8-9,11H,3-7H2,1-2H3. The van der Waals surface area contributed by atoms with Gasteiger partial charge >= 0.3 is 6.16 Å². The van der Waals surface area contributed by atoms with Crippen molar-refractivity contribution < 1.29 is 14.3 Å². The molecule has 1 aliphatic rings. The maximum atomic E-state index is 11.2. The lowest BCUT2D eigenvalue weighted by Crippen LogP contribution is -2.38. The lowest BCUT2D eigenvalue weighted by molar-refractivity contribution is -0.0150. The molecule has 4 heteroatoms. The Morgan fingerprint density at radius 1 is 1.57 bits per heavy atom. The van der Waals surface area contributed by atoms with E-state index in [0.29, 0.717) is 0 Å². The van der Waals surface area contributed by atoms with E-state index < -0.39 is 6.16 Å². The van der Waals surface area contributed by atoms with Crippen LogP contribution >= 0.6 is 0 Å². The summed E-state index contributed by atoms with van der Waals surface area (Å²) in [6, 6.07) is 0. The number of ether oxygens (including phenoxy) is 2. The Labute approximate surface area is 85.0 Å². The summed E-state index contributed by atoms with van der Waals surface area (Å²) in [5.41, 5.74) is 0. The molecule has 1 heterocycles. The van der Waals surface area contributed by atoms with Gasteiger partial charge in [0.1, 0.15) is 6.10 Å². The highest BCUT2D eigenvalue weighted by Gasteiger charge is 2.18. The minimum absolute atomic E-state index is 0.0638. The Morgan fingerprint density at radius 2 is 2.36 bits per heavy atom. The molecular weight excluding hydrogens is 182 g/mol. The molecule has 82 valence electrons. The maximum Gasteiger partial charge on any atom is 0.510 e. The lowest BCUT2D eigenvalue weighted by Gasteiger charge is -2.23. The van der Waals surface area contributed by atoms with Crippen LogP contribution in [0.5, 0.6) is 0 Å². The van der Waals surface area contributed by atoms with Crippen molar-refractivity contribution in [3.63, 3.8) is 0 Å². The molecule has 1 N–H and O–H groups in total. The first-order valence-electron chi connectivity index (χ1n) is 5.33. The first-order valence-corrected chi connectivity index (χ1v) is 5.33. The Kier molecular flexibility index (Phi) is 4.73. The van der Waals surface area contributed by atoms with Crippen LogP contribution < -0.4 is 5.32 Å². The maximum absolute atomic E-state index is 11.2. The third kappa shape index (κ3) is 3.96. The minimum atomic E-state index is -0.557. The average molecular weight is 201 g/mol. The van der Waals surface area contributed by atoms with E-state index in [9.17, 15) is 4.79 Å². The Morgan fingerprint density at radius 3 is 2.93 bits per heavy atom. The second kappa shape index (κ2) is 5.86. The first-order chi connectivity index (χ1) is 6.72. The molecule has 0 amide bonds. The number of piperidine rings is 1. The van der Waals surface area contributed by atoms with E-state index in [1.807, 2.05) is 13.8 Å². The molecule has 0 spiro atoms. The molecule has 2 atom stereocenters. The van der Waals surface area contributed by atoms with Gasteiger partial charge in [-0.15, -0.1) is 0 Å². The quantitative estimate of drug-likeness (QED) is 0.710. The summed E-state index contributed by atoms with van der Waals surface area (Å²) in [6.45, 7) is 4.74. The van der Waals surface area contributed by atoms with Gasteiger partial charge in [-0.25, -0.2) is 4.79 Å². The summed E-state index contributed by atoms with van der Waals surface area (Å²) in [4.78, 5) is 11.2. The van der Waals surface area contributed by atoms with Gasteiger partial charge in [-0.2, -0.15) is 0 Å². The third-order valence-corrected chi connectivity index (χ3v) is 2.38. The van der Waals surface area contributed by atoms with Crippen molar-refractivity contribution in [1.29, 1.82) is 0 Å². The number of carbonyl (C=O) groups is 1. The van der Waals surface area contributed by atoms with Crippen molar-refractivity contribution in [3.8, 4) is 0 Å². The van der Waals surface area contributed by atoms with Crippen LogP contribution in [0.15, 0.2) is 0 Å². The fraction of sp³-hybridized carbons (Fsp3) is 0.900. The van der Waals surface area contributed by atoms with Gasteiger partial charge in [0.05, 0.1) is 0 Å². The molecule has 14 heavy (non-hydrogen) atoms. The molecule has 1 fully saturated rings. The molecule has 0 bridgehead atoms. The van der Waals surface area contributed by atoms with E-state index in [-0.39, 0.29) is 12.3 Å². The van der Waals surface area contributed by atoms with E-state index in [0.717, 1.165) is 32.2 Å². The Hall–Kier alpha value is -0.770. The molecule has 0 aliphatic carbocycles. The zero-order valence-electron chi connectivity index (χ0n) is 8.91. The normalized spacial score (nSPS) is 24.0. The number of nitrogens with one attached hydrogen (secondary N) is 1. The third-order valence-electron chi connectivity index (χ3n) is 2.38. The zero-order valence-corrected chi connectivity index (χ0v) is 8.91. The molecule has 0 saturated carbocycles. The number of rotatable bonds is 3. The fourth-order valence-electron chi connectivity index (χ4n) is 1.31. The summed E-state index contributed by atoms with van der Waals surface area (Å²) in [5.74, 6) is 0. The molecule has 0 radical (unpaired) electrons. The molecule has 0 aromatic carbocycles. The van der Waals surface area contributed by atoms with Crippen LogP contribution in [0.2, 0.25) is 0 Å². The van der Waals surface area contributed by atoms with E-state index in [2.05, 4.69) is 5.32 Å². The first kappa shape index (κ1) is 11.3. The molecule has 1 aliphatic heterocycles. The molecule has 0 aromatic heterocycles. The van der Waals surface area contributed by atoms with E-state index in [1.54, 1.807) is 0 Å². The highest BCUT2D eigenvalue weighted by molar-refractivity contribution is 5.60. The Balaban J connectivity index is 2.18. The summed E-state index contributed by atoms with van der Waals surface area (Å²) in [7, 11) is 0. The lowest BCUT2D eigenvalue weighted by atomic mass is 10.1. The molecule has 1 rings (SSSR count). The summed E-state index contributed by atoms with van der Waals surface area (Å²) < 4.78 is 10.1. The zero-order chi connectivity index (χ0) is 10.4. The van der Waals surface area contributed by atoms with Crippen LogP contribution in [-0.4, -0.2) is 25.0 Å². The number of hydrogen-bond donors (Lipinski definition) is 1. The average Bonchev–Trinajstić information content (AvgIpc) is 2.19. The van der Waals surface area contributed by atoms with Gasteiger partial charge < -0.3 is 9.47 Å². The van der Waals surface area contributed by atoms with Crippen molar-refractivity contribution in [3.05, 3.63) is 0 Å². The van der Waals surface area contributed by atoms with Gasteiger partial charge in [0.15, 0.2) is 6.23 Å². The van der Waals surface area contributed by atoms with Gasteiger partial charge in [-0.1, -0.05) is 6.92 Å². The highest BCUT2D eigenvalue weighted by atomic mass is 16.7. The Bertz CT molecular complexity index is 178. The fourth-order valence-corrected chi connectivity index (χ4v) is 1.31. The van der Waals surface area contributed by atoms with Crippen LogP contribution in [0.4, 0.5) is 4.79 Å². The molecule has 0 aromatic rings. The monoisotopic (exact) mass is 201 g/mol. The van der Waals surface area contributed by atoms with Crippen molar-refractivity contribution in [2.24, 2.45) is 0 Å². The van der Waals surface area contributed by atoms with Crippen LogP contribution in [0.3, 0.4) is 0 Å². The number of carbonyl (C=O) groups excluding carboxylic acids is 1. The largest absolute Gasteiger partial charge is 0.510 e. The van der Waals surface area contributed by atoms with E-state index in [4.69, 9.17) is 9.47 Å². The topological polar surface area (TPSA) is 47.6 Å². The van der Waals surface area contributed by atoms with Gasteiger partial charge in [0.25, 0.3) is 0 Å². The minimum Gasteiger partial charge on any atom is -0.431 e. The number of hydrogen-bond acceptors (Lipinski definition) is 4. The van der Waals surface area contributed by atoms with Gasteiger partial charge in [-0.05, 0) is 39.2 Å². The predicted molar refractivity (Wildman–Crippen MR) is 53.0 cm³/mol. The van der Waals surface area contributed by atoms with Crippen molar-refractivity contribution >= 4 is 6.16 Å². The smallest absolute Gasteiger partial charge is 0.431 e. The molecule has 4 nitrogen and oxygen atoms in total. The van der Waals surface area contributed by atoms with E-state index in [1.165, 1.54) is 0 Å². The summed E-state index contributed by atoms with van der Waals surface area (Å²) >= 11 is 0. The molecular formula is C10H19NO3. The molecule has 2 unspecified atom stereocenters. The molecule has 1 saturated heterocycles. The van der Waals surface area contributed by atoms with Crippen LogP contribution in [-0.2, 0) is 9.47 Å². The summed E-state index contributed by atoms with van der Waals surface area (Å²) in [6.07, 6.45) is 3.18. The van der Waals surface area contributed by atoms with Crippen LogP contribution in [0.25, 0.3) is 0 Å². The van der Waals surface area contributed by atoms with Crippen LogP contribution in [0, 0.1) is 0 Å². The van der Waals surface area contributed by atoms with Crippen molar-refractivity contribution in [1.82, 2.24) is 5.32 Å². The van der Waals surface area contributed by atoms with Crippen molar-refractivity contribution in [2.75, 3.05) is 6.54 Å². The highest BCUT2D eigenvalue weighted by Crippen LogP contribution is 2.09. The SMILES string of the molecule is CCC(C)OC(=O)OC1CCCCN1. The van der Waals surface area contributed by atoms with Gasteiger partial charge in [-0.3, -0.25) is 5.32 Å². The summed E-state index contributed by atoms with van der Waals surface area (Å²) in [5, 5.41) is 3.12. The van der Waals surface area contributed by atoms with Crippen molar-refractivity contribution in [2.45, 2.75) is 51.9 Å². The second-order valence-corrected chi connectivity index (χ2v) is 3.64.